The van der Waals surface area contributed by atoms with Gasteiger partial charge in [0.2, 0.25) is 0 Å². The summed E-state index contributed by atoms with van der Waals surface area (Å²) in [6.07, 6.45) is 1.63. The summed E-state index contributed by atoms with van der Waals surface area (Å²) in [7, 11) is 0. The van der Waals surface area contributed by atoms with Crippen LogP contribution in [0.15, 0.2) is 48.7 Å². The van der Waals surface area contributed by atoms with E-state index in [0.717, 1.165) is 16.6 Å². The number of benzene rings is 2. The molecule has 3 nitrogen and oxygen atoms in total. The maximum Gasteiger partial charge on any atom is 0.150 e. The minimum atomic E-state index is -0.406. The van der Waals surface area contributed by atoms with E-state index in [1.54, 1.807) is 12.3 Å². The van der Waals surface area contributed by atoms with E-state index < -0.39 is 5.82 Å². The fourth-order valence-electron chi connectivity index (χ4n) is 2.20. The molecule has 4 heteroatoms. The first-order chi connectivity index (χ1) is 9.66. The molecule has 0 aliphatic heterocycles. The molecule has 0 bridgehead atoms. The first kappa shape index (κ1) is 12.4. The molecule has 3 N–H and O–H groups in total. The van der Waals surface area contributed by atoms with Crippen LogP contribution in [0.2, 0.25) is 0 Å². The van der Waals surface area contributed by atoms with Crippen LogP contribution >= 0.6 is 0 Å². The molecule has 20 heavy (non-hydrogen) atoms. The minimum Gasteiger partial charge on any atom is -0.398 e. The van der Waals surface area contributed by atoms with Crippen molar-refractivity contribution in [3.63, 3.8) is 0 Å². The van der Waals surface area contributed by atoms with E-state index in [1.165, 1.54) is 6.07 Å². The molecule has 100 valence electrons. The highest BCUT2D eigenvalue weighted by Gasteiger charge is 2.12. The number of fused-ring (bicyclic) bond motifs is 1. The Morgan fingerprint density at radius 2 is 1.95 bits per heavy atom. The molecular formula is C16H14FN3. The van der Waals surface area contributed by atoms with Crippen LogP contribution in [-0.4, -0.2) is 4.98 Å². The van der Waals surface area contributed by atoms with Crippen LogP contribution < -0.4 is 11.1 Å². The molecule has 2 aromatic carbocycles. The molecule has 3 aromatic rings. The first-order valence-corrected chi connectivity index (χ1v) is 6.32. The second kappa shape index (κ2) is 4.81. The number of aromatic nitrogens is 1. The minimum absolute atomic E-state index is 0.351. The Morgan fingerprint density at radius 3 is 2.75 bits per heavy atom. The zero-order valence-corrected chi connectivity index (χ0v) is 11.0. The molecule has 0 aliphatic rings. The van der Waals surface area contributed by atoms with Crippen LogP contribution in [0.25, 0.3) is 10.9 Å². The number of nitrogens with zero attached hydrogens (tertiary/aromatic N) is 1. The van der Waals surface area contributed by atoms with Gasteiger partial charge in [-0.1, -0.05) is 18.2 Å². The zero-order valence-electron chi connectivity index (χ0n) is 11.0. The van der Waals surface area contributed by atoms with Gasteiger partial charge in [-0.25, -0.2) is 4.39 Å². The van der Waals surface area contributed by atoms with E-state index in [-0.39, 0.29) is 0 Å². The lowest BCUT2D eigenvalue weighted by atomic mass is 10.1. The number of pyridine rings is 1. The number of nitrogens with one attached hydrogen (secondary N) is 1. The van der Waals surface area contributed by atoms with Crippen molar-refractivity contribution in [3.8, 4) is 0 Å². The van der Waals surface area contributed by atoms with Crippen molar-refractivity contribution in [3.05, 3.63) is 60.0 Å². The highest BCUT2D eigenvalue weighted by molar-refractivity contribution is 5.99. The Kier molecular flexibility index (Phi) is 2.99. The number of nitrogen functional groups attached to an aromatic ring is 1. The van der Waals surface area contributed by atoms with Gasteiger partial charge in [0.25, 0.3) is 0 Å². The number of halogens is 1. The number of nitrogens with two attached hydrogens (primary N) is 1. The van der Waals surface area contributed by atoms with Crippen LogP contribution in [0.5, 0.6) is 0 Å². The highest BCUT2D eigenvalue weighted by atomic mass is 19.1. The summed E-state index contributed by atoms with van der Waals surface area (Å²) >= 11 is 0. The maximum atomic E-state index is 14.2. The average molecular weight is 267 g/mol. The van der Waals surface area contributed by atoms with Crippen molar-refractivity contribution in [2.45, 2.75) is 6.92 Å². The normalized spacial score (nSPS) is 10.7. The summed E-state index contributed by atoms with van der Waals surface area (Å²) in [6, 6.07) is 12.7. The third kappa shape index (κ3) is 2.05. The van der Waals surface area contributed by atoms with E-state index >= 15 is 0 Å². The van der Waals surface area contributed by atoms with Crippen molar-refractivity contribution in [2.75, 3.05) is 11.1 Å². The summed E-state index contributed by atoms with van der Waals surface area (Å²) in [6.45, 7) is 1.97. The van der Waals surface area contributed by atoms with Gasteiger partial charge in [0, 0.05) is 23.0 Å². The van der Waals surface area contributed by atoms with Crippen LogP contribution in [-0.2, 0) is 0 Å². The molecule has 0 aliphatic carbocycles. The number of aryl methyl sites for hydroxylation is 1. The molecule has 1 aromatic heterocycles. The van der Waals surface area contributed by atoms with Crippen LogP contribution in [0.1, 0.15) is 5.56 Å². The van der Waals surface area contributed by atoms with Crippen LogP contribution in [0.3, 0.4) is 0 Å². The maximum absolute atomic E-state index is 14.2. The van der Waals surface area contributed by atoms with Gasteiger partial charge in [-0.3, -0.25) is 4.98 Å². The third-order valence-corrected chi connectivity index (χ3v) is 3.28. The van der Waals surface area contributed by atoms with Crippen molar-refractivity contribution >= 4 is 28.0 Å². The SMILES string of the molecule is Cc1ccccc1Nc1c(F)cc(N)c2cccnc12. The predicted molar refractivity (Wildman–Crippen MR) is 80.6 cm³/mol. The van der Waals surface area contributed by atoms with Crippen molar-refractivity contribution in [1.29, 1.82) is 0 Å². The molecule has 0 radical (unpaired) electrons. The summed E-state index contributed by atoms with van der Waals surface area (Å²) < 4.78 is 14.2. The molecule has 0 unspecified atom stereocenters. The third-order valence-electron chi connectivity index (χ3n) is 3.28. The predicted octanol–water partition coefficient (Wildman–Crippen LogP) is 4.01. The van der Waals surface area contributed by atoms with Gasteiger partial charge in [-0.2, -0.15) is 0 Å². The van der Waals surface area contributed by atoms with Gasteiger partial charge in [-0.15, -0.1) is 0 Å². The molecule has 3 rings (SSSR count). The van der Waals surface area contributed by atoms with Gasteiger partial charge in [-0.05, 0) is 36.8 Å². The lowest BCUT2D eigenvalue weighted by Crippen LogP contribution is -2.00. The summed E-state index contributed by atoms with van der Waals surface area (Å²) in [4.78, 5) is 4.25. The number of rotatable bonds is 2. The second-order valence-electron chi connectivity index (χ2n) is 4.66. The highest BCUT2D eigenvalue weighted by Crippen LogP contribution is 2.32. The number of hydrogen-bond acceptors (Lipinski definition) is 3. The smallest absolute Gasteiger partial charge is 0.150 e. The monoisotopic (exact) mass is 267 g/mol. The first-order valence-electron chi connectivity index (χ1n) is 6.32. The molecule has 0 fully saturated rings. The Labute approximate surface area is 116 Å². The standard InChI is InChI=1S/C16H14FN3/c1-10-5-2-3-7-14(10)20-16-12(17)9-13(18)11-6-4-8-19-15(11)16/h2-9,20H,18H2,1H3. The largest absolute Gasteiger partial charge is 0.398 e. The lowest BCUT2D eigenvalue weighted by molar-refractivity contribution is 0.634. The second-order valence-corrected chi connectivity index (χ2v) is 4.66. The summed E-state index contributed by atoms with van der Waals surface area (Å²) in [5.41, 5.74) is 9.00. The van der Waals surface area contributed by atoms with Gasteiger partial charge in [0.05, 0.1) is 5.52 Å². The number of anilines is 3. The summed E-state index contributed by atoms with van der Waals surface area (Å²) in [5.74, 6) is -0.406. The molecule has 1 heterocycles. The molecule has 0 spiro atoms. The van der Waals surface area contributed by atoms with Crippen LogP contribution in [0, 0.1) is 12.7 Å². The molecule has 0 amide bonds. The fraction of sp³-hybridized carbons (Fsp3) is 0.0625. The van der Waals surface area contributed by atoms with E-state index in [9.17, 15) is 4.39 Å². The topological polar surface area (TPSA) is 50.9 Å². The van der Waals surface area contributed by atoms with E-state index in [0.29, 0.717) is 16.9 Å². The molecule has 0 saturated carbocycles. The zero-order chi connectivity index (χ0) is 14.1. The Bertz CT molecular complexity index is 784. The van der Waals surface area contributed by atoms with E-state index in [4.69, 9.17) is 5.73 Å². The quantitative estimate of drug-likeness (QED) is 0.690. The Hall–Kier alpha value is -2.62. The average Bonchev–Trinajstić information content (AvgIpc) is 2.45. The van der Waals surface area contributed by atoms with Crippen molar-refractivity contribution < 1.29 is 4.39 Å². The van der Waals surface area contributed by atoms with Crippen molar-refractivity contribution in [1.82, 2.24) is 4.98 Å². The van der Waals surface area contributed by atoms with E-state index in [2.05, 4.69) is 10.3 Å². The van der Waals surface area contributed by atoms with Gasteiger partial charge in [0.1, 0.15) is 5.69 Å². The summed E-state index contributed by atoms with van der Waals surface area (Å²) in [5, 5.41) is 3.86. The molecule has 0 saturated heterocycles. The van der Waals surface area contributed by atoms with Gasteiger partial charge >= 0.3 is 0 Å². The molecule has 0 atom stereocenters. The Morgan fingerprint density at radius 1 is 1.15 bits per heavy atom. The Balaban J connectivity index is 2.19. The molecular weight excluding hydrogens is 253 g/mol. The fourth-order valence-corrected chi connectivity index (χ4v) is 2.20. The van der Waals surface area contributed by atoms with Crippen molar-refractivity contribution in [2.24, 2.45) is 0 Å². The van der Waals surface area contributed by atoms with Gasteiger partial charge < -0.3 is 11.1 Å². The number of para-hydroxylation sites is 1. The lowest BCUT2D eigenvalue weighted by Gasteiger charge is -2.13. The van der Waals surface area contributed by atoms with Gasteiger partial charge in [0.15, 0.2) is 5.82 Å². The number of hydrogen-bond donors (Lipinski definition) is 2. The van der Waals surface area contributed by atoms with E-state index in [1.807, 2.05) is 37.3 Å². The van der Waals surface area contributed by atoms with Crippen LogP contribution in [0.4, 0.5) is 21.5 Å².